The minimum atomic E-state index is -0.435. The van der Waals surface area contributed by atoms with E-state index in [2.05, 4.69) is 18.7 Å². The number of ether oxygens (including phenoxy) is 3. The van der Waals surface area contributed by atoms with Crippen LogP contribution in [-0.4, -0.2) is 86.7 Å². The van der Waals surface area contributed by atoms with E-state index in [4.69, 9.17) is 14.2 Å². The molecule has 2 aromatic rings. The van der Waals surface area contributed by atoms with E-state index in [1.807, 2.05) is 36.1 Å². The number of imide groups is 1. The Kier molecular flexibility index (Phi) is 9.34. The van der Waals surface area contributed by atoms with Crippen LogP contribution >= 0.6 is 11.8 Å². The number of anilines is 2. The number of morpholine rings is 2. The van der Waals surface area contributed by atoms with Crippen molar-refractivity contribution >= 4 is 46.0 Å². The van der Waals surface area contributed by atoms with Crippen molar-refractivity contribution < 1.29 is 28.7 Å². The molecule has 224 valence electrons. The molecule has 0 saturated carbocycles. The first kappa shape index (κ1) is 29.9. The second-order valence-corrected chi connectivity index (χ2v) is 11.7. The lowest BCUT2D eigenvalue weighted by Gasteiger charge is -2.33. The van der Waals surface area contributed by atoms with E-state index in [9.17, 15) is 19.7 Å². The Balaban J connectivity index is 1.41. The van der Waals surface area contributed by atoms with Gasteiger partial charge in [-0.2, -0.15) is 0 Å². The van der Waals surface area contributed by atoms with Crippen LogP contribution in [0.2, 0.25) is 0 Å². The lowest BCUT2D eigenvalue weighted by Crippen LogP contribution is -2.38. The molecule has 0 atom stereocenters. The molecule has 0 N–H and O–H groups in total. The van der Waals surface area contributed by atoms with Gasteiger partial charge in [0.25, 0.3) is 16.8 Å². The maximum Gasteiger partial charge on any atom is 0.293 e. The Morgan fingerprint density at radius 3 is 2.26 bits per heavy atom. The average Bonchev–Trinajstić information content (AvgIpc) is 3.25. The zero-order valence-electron chi connectivity index (χ0n) is 24.2. The SMILES string of the molecule is Cc1ccc(C(C)C)c(OCCN2C(=O)S/C(=C\c3cc([N+](=O)[O-])c(N4CCOCC4)cc3N3CCOCC3)C2=O)c1. The molecule has 3 heterocycles. The summed E-state index contributed by atoms with van der Waals surface area (Å²) in [5.74, 6) is 0.574. The average molecular weight is 597 g/mol. The summed E-state index contributed by atoms with van der Waals surface area (Å²) in [6.45, 7) is 10.8. The van der Waals surface area contributed by atoms with E-state index < -0.39 is 16.1 Å². The van der Waals surface area contributed by atoms with Crippen LogP contribution in [-0.2, 0) is 14.3 Å². The quantitative estimate of drug-likeness (QED) is 0.227. The molecule has 2 amide bonds. The van der Waals surface area contributed by atoms with Gasteiger partial charge in [-0.15, -0.1) is 0 Å². The van der Waals surface area contributed by atoms with Gasteiger partial charge >= 0.3 is 0 Å². The zero-order chi connectivity index (χ0) is 29.8. The summed E-state index contributed by atoms with van der Waals surface area (Å²) < 4.78 is 17.0. The first-order valence-corrected chi connectivity index (χ1v) is 15.0. The van der Waals surface area contributed by atoms with Crippen molar-refractivity contribution in [1.29, 1.82) is 0 Å². The fraction of sp³-hybridized carbons (Fsp3) is 0.467. The summed E-state index contributed by atoms with van der Waals surface area (Å²) in [6, 6.07) is 9.37. The molecule has 3 saturated heterocycles. The molecular weight excluding hydrogens is 560 g/mol. The van der Waals surface area contributed by atoms with Crippen molar-refractivity contribution in [3.05, 3.63) is 62.0 Å². The predicted octanol–water partition coefficient (Wildman–Crippen LogP) is 4.82. The number of nitro groups is 1. The van der Waals surface area contributed by atoms with Crippen LogP contribution in [0.25, 0.3) is 6.08 Å². The van der Waals surface area contributed by atoms with Crippen molar-refractivity contribution in [3.8, 4) is 5.75 Å². The summed E-state index contributed by atoms with van der Waals surface area (Å²) in [7, 11) is 0. The number of rotatable bonds is 9. The number of benzene rings is 2. The van der Waals surface area contributed by atoms with E-state index in [-0.39, 0.29) is 29.7 Å². The molecule has 3 fully saturated rings. The van der Waals surface area contributed by atoms with E-state index in [0.717, 1.165) is 34.3 Å². The van der Waals surface area contributed by atoms with Crippen LogP contribution in [0.4, 0.5) is 21.9 Å². The van der Waals surface area contributed by atoms with Gasteiger partial charge in [0.1, 0.15) is 18.0 Å². The number of nitro benzene ring substituents is 1. The highest BCUT2D eigenvalue weighted by molar-refractivity contribution is 8.18. The first-order valence-electron chi connectivity index (χ1n) is 14.2. The highest BCUT2D eigenvalue weighted by Crippen LogP contribution is 2.40. The second kappa shape index (κ2) is 13.1. The number of hydrogen-bond acceptors (Lipinski definition) is 10. The highest BCUT2D eigenvalue weighted by atomic mass is 32.2. The minimum Gasteiger partial charge on any atom is -0.491 e. The van der Waals surface area contributed by atoms with Gasteiger partial charge in [-0.3, -0.25) is 24.6 Å². The Morgan fingerprint density at radius 2 is 1.64 bits per heavy atom. The van der Waals surface area contributed by atoms with Crippen LogP contribution in [0.3, 0.4) is 0 Å². The predicted molar refractivity (Wildman–Crippen MR) is 163 cm³/mol. The normalized spacial score (nSPS) is 18.9. The fourth-order valence-electron chi connectivity index (χ4n) is 5.30. The molecule has 11 nitrogen and oxygen atoms in total. The molecule has 3 aliphatic rings. The van der Waals surface area contributed by atoms with Gasteiger partial charge in [-0.1, -0.05) is 26.0 Å². The summed E-state index contributed by atoms with van der Waals surface area (Å²) in [4.78, 5) is 43.5. The molecule has 0 unspecified atom stereocenters. The third-order valence-corrected chi connectivity index (χ3v) is 8.46. The maximum absolute atomic E-state index is 13.4. The Labute approximate surface area is 249 Å². The van der Waals surface area contributed by atoms with Crippen molar-refractivity contribution in [1.82, 2.24) is 4.90 Å². The molecule has 0 radical (unpaired) electrons. The third-order valence-electron chi connectivity index (χ3n) is 7.55. The number of carbonyl (C=O) groups is 2. The lowest BCUT2D eigenvalue weighted by molar-refractivity contribution is -0.384. The molecule has 2 aromatic carbocycles. The number of nitrogens with zero attached hydrogens (tertiary/aromatic N) is 4. The monoisotopic (exact) mass is 596 g/mol. The van der Waals surface area contributed by atoms with Crippen LogP contribution in [0, 0.1) is 17.0 Å². The number of hydrogen-bond donors (Lipinski definition) is 0. The molecule has 0 aliphatic carbocycles. The largest absolute Gasteiger partial charge is 0.491 e. The van der Waals surface area contributed by atoms with Gasteiger partial charge in [0.2, 0.25) is 0 Å². The van der Waals surface area contributed by atoms with Gasteiger partial charge in [0.05, 0.1) is 42.8 Å². The third kappa shape index (κ3) is 6.55. The topological polar surface area (TPSA) is 115 Å². The Morgan fingerprint density at radius 1 is 1.00 bits per heavy atom. The number of thioether (sulfide) groups is 1. The van der Waals surface area contributed by atoms with Crippen molar-refractivity contribution in [2.45, 2.75) is 26.7 Å². The summed E-state index contributed by atoms with van der Waals surface area (Å²) in [5.41, 5.74) is 3.88. The summed E-state index contributed by atoms with van der Waals surface area (Å²) >= 11 is 0.838. The lowest BCUT2D eigenvalue weighted by atomic mass is 10.0. The van der Waals surface area contributed by atoms with Gasteiger partial charge in [-0.25, -0.2) is 0 Å². The second-order valence-electron chi connectivity index (χ2n) is 10.7. The molecule has 3 aliphatic heterocycles. The molecule has 0 spiro atoms. The molecule has 42 heavy (non-hydrogen) atoms. The standard InChI is InChI=1S/C30H36N4O7S/c1-20(2)23-5-4-21(3)16-27(23)41-15-10-33-29(35)28(42-30(33)36)18-22-17-26(34(37)38)25(32-8-13-40-14-9-32)19-24(22)31-6-11-39-12-7-31/h4-5,16-20H,6-15H2,1-3H3/b28-18-. The molecule has 12 heteroatoms. The Hall–Kier alpha value is -3.61. The first-order chi connectivity index (χ1) is 20.2. The smallest absolute Gasteiger partial charge is 0.293 e. The highest BCUT2D eigenvalue weighted by Gasteiger charge is 2.36. The molecule has 0 aromatic heterocycles. The van der Waals surface area contributed by atoms with E-state index in [1.165, 1.54) is 11.0 Å². The maximum atomic E-state index is 13.4. The van der Waals surface area contributed by atoms with E-state index in [0.29, 0.717) is 63.9 Å². The van der Waals surface area contributed by atoms with Gasteiger partial charge in [0.15, 0.2) is 0 Å². The van der Waals surface area contributed by atoms with Gasteiger partial charge < -0.3 is 24.0 Å². The van der Waals surface area contributed by atoms with Crippen molar-refractivity contribution in [2.75, 3.05) is 75.6 Å². The van der Waals surface area contributed by atoms with Gasteiger partial charge in [0, 0.05) is 43.5 Å². The summed E-state index contributed by atoms with van der Waals surface area (Å²) in [6.07, 6.45) is 1.60. The summed E-state index contributed by atoms with van der Waals surface area (Å²) in [5, 5.41) is 11.8. The van der Waals surface area contributed by atoms with Crippen LogP contribution in [0.5, 0.6) is 5.75 Å². The molecule has 5 rings (SSSR count). The van der Waals surface area contributed by atoms with Gasteiger partial charge in [-0.05, 0) is 53.9 Å². The van der Waals surface area contributed by atoms with Crippen LogP contribution in [0.15, 0.2) is 35.2 Å². The zero-order valence-corrected chi connectivity index (χ0v) is 25.0. The number of amides is 2. The minimum absolute atomic E-state index is 0.0492. The van der Waals surface area contributed by atoms with Crippen molar-refractivity contribution in [2.24, 2.45) is 0 Å². The Bertz CT molecular complexity index is 1380. The fourth-order valence-corrected chi connectivity index (χ4v) is 6.16. The molecule has 0 bridgehead atoms. The van der Waals surface area contributed by atoms with Crippen LogP contribution < -0.4 is 14.5 Å². The van der Waals surface area contributed by atoms with E-state index in [1.54, 1.807) is 6.08 Å². The number of aryl methyl sites for hydroxylation is 1. The van der Waals surface area contributed by atoms with Crippen molar-refractivity contribution in [3.63, 3.8) is 0 Å². The molecular formula is C30H36N4O7S. The van der Waals surface area contributed by atoms with E-state index >= 15 is 0 Å². The van der Waals surface area contributed by atoms with Crippen LogP contribution in [0.1, 0.15) is 36.5 Å². The number of carbonyl (C=O) groups excluding carboxylic acids is 2.